The summed E-state index contributed by atoms with van der Waals surface area (Å²) in [5.74, 6) is -0.204. The molecule has 0 spiro atoms. The first-order valence-corrected chi connectivity index (χ1v) is 3.73. The van der Waals surface area contributed by atoms with Crippen molar-refractivity contribution in [3.63, 3.8) is 0 Å². The number of halogens is 2. The van der Waals surface area contributed by atoms with E-state index in [1.807, 2.05) is 6.92 Å². The number of nitrogens with one attached hydrogen (secondary N) is 2. The monoisotopic (exact) mass is 230 g/mol. The Balaban J connectivity index is 0. The molecule has 13 heavy (non-hydrogen) atoms. The van der Waals surface area contributed by atoms with Crippen molar-refractivity contribution in [2.75, 3.05) is 26.7 Å². The highest BCUT2D eigenvalue weighted by molar-refractivity contribution is 5.85. The van der Waals surface area contributed by atoms with Gasteiger partial charge in [-0.15, -0.1) is 24.8 Å². The van der Waals surface area contributed by atoms with Crippen LogP contribution in [0.4, 0.5) is 0 Å². The third-order valence-corrected chi connectivity index (χ3v) is 1.93. The van der Waals surface area contributed by atoms with Gasteiger partial charge >= 0.3 is 5.97 Å². The molecule has 6 heteroatoms. The molecule has 0 aliphatic carbocycles. The standard InChI is InChI=1S/C7H14N2O2.2ClH/c1-7(6(10)11-2)5-8-3-4-9-7;;/h8-9H,3-5H2,1-2H3;2*1H. The maximum absolute atomic E-state index is 11.2. The van der Waals surface area contributed by atoms with Gasteiger partial charge in [0.05, 0.1) is 7.11 Å². The van der Waals surface area contributed by atoms with Gasteiger partial charge in [-0.05, 0) is 6.92 Å². The predicted molar refractivity (Wildman–Crippen MR) is 55.8 cm³/mol. The zero-order valence-electron chi connectivity index (χ0n) is 7.75. The lowest BCUT2D eigenvalue weighted by Gasteiger charge is -2.32. The number of rotatable bonds is 1. The summed E-state index contributed by atoms with van der Waals surface area (Å²) in [4.78, 5) is 11.2. The molecule has 1 atom stereocenters. The molecular weight excluding hydrogens is 215 g/mol. The van der Waals surface area contributed by atoms with Crippen LogP contribution in [0.5, 0.6) is 0 Å². The Hall–Kier alpha value is -0.0300. The van der Waals surface area contributed by atoms with Crippen molar-refractivity contribution in [2.45, 2.75) is 12.5 Å². The van der Waals surface area contributed by atoms with Crippen molar-refractivity contribution in [2.24, 2.45) is 0 Å². The maximum Gasteiger partial charge on any atom is 0.327 e. The van der Waals surface area contributed by atoms with Crippen molar-refractivity contribution in [1.29, 1.82) is 0 Å². The van der Waals surface area contributed by atoms with Gasteiger partial charge in [-0.2, -0.15) is 0 Å². The minimum absolute atomic E-state index is 0. The fourth-order valence-corrected chi connectivity index (χ4v) is 1.20. The molecule has 1 heterocycles. The molecule has 1 aliphatic heterocycles. The van der Waals surface area contributed by atoms with Gasteiger partial charge in [0.2, 0.25) is 0 Å². The van der Waals surface area contributed by atoms with Crippen LogP contribution in [0.1, 0.15) is 6.92 Å². The molecule has 0 aromatic heterocycles. The van der Waals surface area contributed by atoms with Crippen LogP contribution in [-0.4, -0.2) is 38.3 Å². The number of hydrogen-bond acceptors (Lipinski definition) is 4. The Labute approximate surface area is 90.6 Å². The van der Waals surface area contributed by atoms with Crippen LogP contribution in [0.3, 0.4) is 0 Å². The lowest BCUT2D eigenvalue weighted by molar-refractivity contribution is -0.148. The summed E-state index contributed by atoms with van der Waals surface area (Å²) in [6, 6.07) is 0. The number of piperazine rings is 1. The van der Waals surface area contributed by atoms with Crippen molar-refractivity contribution in [1.82, 2.24) is 10.6 Å². The van der Waals surface area contributed by atoms with E-state index in [2.05, 4.69) is 15.4 Å². The highest BCUT2D eigenvalue weighted by Crippen LogP contribution is 2.06. The molecule has 0 saturated carbocycles. The summed E-state index contributed by atoms with van der Waals surface area (Å²) in [6.45, 7) is 4.20. The molecule has 1 rings (SSSR count). The molecule has 2 N–H and O–H groups in total. The summed E-state index contributed by atoms with van der Waals surface area (Å²) in [5, 5.41) is 6.24. The number of esters is 1. The zero-order chi connectivity index (χ0) is 8.32. The molecule has 1 fully saturated rings. The van der Waals surface area contributed by atoms with Crippen LogP contribution >= 0.6 is 24.8 Å². The van der Waals surface area contributed by atoms with E-state index < -0.39 is 5.54 Å². The minimum Gasteiger partial charge on any atom is -0.468 e. The van der Waals surface area contributed by atoms with E-state index in [4.69, 9.17) is 0 Å². The summed E-state index contributed by atoms with van der Waals surface area (Å²) in [5.41, 5.74) is -0.535. The van der Waals surface area contributed by atoms with E-state index in [0.29, 0.717) is 6.54 Å². The van der Waals surface area contributed by atoms with E-state index in [9.17, 15) is 4.79 Å². The van der Waals surface area contributed by atoms with Crippen LogP contribution in [0.15, 0.2) is 0 Å². The number of methoxy groups -OCH3 is 1. The second-order valence-electron chi connectivity index (χ2n) is 2.93. The summed E-state index contributed by atoms with van der Waals surface area (Å²) in [7, 11) is 1.41. The highest BCUT2D eigenvalue weighted by atomic mass is 35.5. The minimum atomic E-state index is -0.535. The van der Waals surface area contributed by atoms with Gasteiger partial charge in [-0.25, -0.2) is 0 Å². The summed E-state index contributed by atoms with van der Waals surface area (Å²) in [6.07, 6.45) is 0. The van der Waals surface area contributed by atoms with E-state index in [1.54, 1.807) is 0 Å². The van der Waals surface area contributed by atoms with Gasteiger partial charge < -0.3 is 10.1 Å². The smallest absolute Gasteiger partial charge is 0.327 e. The van der Waals surface area contributed by atoms with Crippen molar-refractivity contribution >= 4 is 30.8 Å². The fraction of sp³-hybridized carbons (Fsp3) is 0.857. The normalized spacial score (nSPS) is 26.6. The van der Waals surface area contributed by atoms with Crippen LogP contribution in [-0.2, 0) is 9.53 Å². The van der Waals surface area contributed by atoms with Crippen LogP contribution in [0.2, 0.25) is 0 Å². The zero-order valence-corrected chi connectivity index (χ0v) is 9.39. The van der Waals surface area contributed by atoms with E-state index in [1.165, 1.54) is 7.11 Å². The third-order valence-electron chi connectivity index (χ3n) is 1.93. The Morgan fingerprint density at radius 3 is 2.38 bits per heavy atom. The van der Waals surface area contributed by atoms with Crippen molar-refractivity contribution in [3.05, 3.63) is 0 Å². The molecule has 0 amide bonds. The number of hydrogen-bond donors (Lipinski definition) is 2. The Morgan fingerprint density at radius 2 is 2.00 bits per heavy atom. The largest absolute Gasteiger partial charge is 0.468 e. The molecule has 1 unspecified atom stereocenters. The quantitative estimate of drug-likeness (QED) is 0.621. The molecular formula is C7H16Cl2N2O2. The average Bonchev–Trinajstić information content (AvgIpc) is 2.04. The highest BCUT2D eigenvalue weighted by Gasteiger charge is 2.35. The van der Waals surface area contributed by atoms with Crippen molar-refractivity contribution < 1.29 is 9.53 Å². The fourth-order valence-electron chi connectivity index (χ4n) is 1.20. The van der Waals surface area contributed by atoms with E-state index in [-0.39, 0.29) is 30.8 Å². The molecule has 4 nitrogen and oxygen atoms in total. The molecule has 0 bridgehead atoms. The summed E-state index contributed by atoms with van der Waals surface area (Å²) < 4.78 is 4.65. The van der Waals surface area contributed by atoms with Gasteiger partial charge in [-0.1, -0.05) is 0 Å². The maximum atomic E-state index is 11.2. The number of ether oxygens (including phenoxy) is 1. The topological polar surface area (TPSA) is 50.4 Å². The molecule has 0 radical (unpaired) electrons. The average molecular weight is 231 g/mol. The Kier molecular flexibility index (Phi) is 7.64. The van der Waals surface area contributed by atoms with Gasteiger partial charge in [-0.3, -0.25) is 10.1 Å². The lowest BCUT2D eigenvalue weighted by atomic mass is 10.0. The lowest BCUT2D eigenvalue weighted by Crippen LogP contribution is -2.62. The first-order valence-electron chi connectivity index (χ1n) is 3.73. The first kappa shape index (κ1) is 15.4. The third kappa shape index (κ3) is 3.68. The van der Waals surface area contributed by atoms with E-state index in [0.717, 1.165) is 13.1 Å². The molecule has 1 aliphatic rings. The second-order valence-corrected chi connectivity index (χ2v) is 2.93. The SMILES string of the molecule is COC(=O)C1(C)CNCCN1.Cl.Cl. The molecule has 1 saturated heterocycles. The first-order chi connectivity index (χ1) is 5.19. The molecule has 0 aromatic rings. The number of carbonyl (C=O) groups is 1. The van der Waals surface area contributed by atoms with Crippen LogP contribution in [0, 0.1) is 0 Å². The van der Waals surface area contributed by atoms with Gasteiger partial charge in [0.1, 0.15) is 5.54 Å². The predicted octanol–water partition coefficient (Wildman–Crippen LogP) is -0.0455. The Bertz CT molecular complexity index is 161. The van der Waals surface area contributed by atoms with Gasteiger partial charge in [0.25, 0.3) is 0 Å². The van der Waals surface area contributed by atoms with Crippen LogP contribution in [0.25, 0.3) is 0 Å². The van der Waals surface area contributed by atoms with Crippen LogP contribution < -0.4 is 10.6 Å². The number of carbonyl (C=O) groups excluding carboxylic acids is 1. The Morgan fingerprint density at radius 1 is 1.38 bits per heavy atom. The molecule has 0 aromatic carbocycles. The summed E-state index contributed by atoms with van der Waals surface area (Å²) >= 11 is 0. The second kappa shape index (κ2) is 6.43. The van der Waals surface area contributed by atoms with E-state index >= 15 is 0 Å². The van der Waals surface area contributed by atoms with Gasteiger partial charge in [0.15, 0.2) is 0 Å². The van der Waals surface area contributed by atoms with Crippen molar-refractivity contribution in [3.8, 4) is 0 Å². The van der Waals surface area contributed by atoms with Gasteiger partial charge in [0, 0.05) is 19.6 Å². The molecule has 80 valence electrons.